The molecule has 0 fully saturated rings. The summed E-state index contributed by atoms with van der Waals surface area (Å²) in [6, 6.07) is 71.1. The zero-order valence-electron chi connectivity index (χ0n) is 28.8. The van der Waals surface area contributed by atoms with Crippen LogP contribution in [0, 0.1) is 0 Å². The molecule has 2 heterocycles. The third-order valence-corrected chi connectivity index (χ3v) is 11.9. The van der Waals surface area contributed by atoms with Gasteiger partial charge in [0.1, 0.15) is 0 Å². The molecule has 0 spiro atoms. The molecular weight excluding hydrogens is 661 g/mol. The zero-order chi connectivity index (χ0) is 34.9. The Labute approximate surface area is 311 Å². The summed E-state index contributed by atoms with van der Waals surface area (Å²) in [5.74, 6) is 0. The average Bonchev–Trinajstić information content (AvgIpc) is 3.75. The van der Waals surface area contributed by atoms with E-state index in [1.807, 2.05) is 11.3 Å². The van der Waals surface area contributed by atoms with Crippen molar-refractivity contribution in [3.63, 3.8) is 0 Å². The van der Waals surface area contributed by atoms with Crippen LogP contribution >= 0.6 is 11.3 Å². The van der Waals surface area contributed by atoms with Crippen LogP contribution in [0.15, 0.2) is 194 Å². The molecule has 2 aromatic heterocycles. The lowest BCUT2D eigenvalue weighted by molar-refractivity contribution is 1.17. The lowest BCUT2D eigenvalue weighted by Crippen LogP contribution is -2.10. The van der Waals surface area contributed by atoms with Gasteiger partial charge in [0.2, 0.25) is 0 Å². The van der Waals surface area contributed by atoms with Gasteiger partial charge in [-0.25, -0.2) is 0 Å². The Hall–Kier alpha value is -6.68. The van der Waals surface area contributed by atoms with E-state index in [9.17, 15) is 0 Å². The molecule has 0 saturated carbocycles. The molecule has 0 amide bonds. The molecule has 0 radical (unpaired) electrons. The molecule has 11 rings (SSSR count). The first kappa shape index (κ1) is 30.0. The minimum Gasteiger partial charge on any atom is -0.310 e. The molecule has 0 aliphatic carbocycles. The second-order valence-corrected chi connectivity index (χ2v) is 14.9. The Bertz CT molecular complexity index is 3170. The van der Waals surface area contributed by atoms with Crippen molar-refractivity contribution >= 4 is 91.9 Å². The summed E-state index contributed by atoms with van der Waals surface area (Å²) in [4.78, 5) is 2.39. The number of rotatable bonds is 5. The highest BCUT2D eigenvalue weighted by Gasteiger charge is 2.17. The first-order valence-corrected chi connectivity index (χ1v) is 18.9. The molecule has 11 aromatic rings. The summed E-state index contributed by atoms with van der Waals surface area (Å²) in [5.41, 5.74) is 9.35. The van der Waals surface area contributed by atoms with E-state index < -0.39 is 0 Å². The van der Waals surface area contributed by atoms with Gasteiger partial charge >= 0.3 is 0 Å². The number of aromatic nitrogens is 1. The van der Waals surface area contributed by atoms with Crippen molar-refractivity contribution in [3.8, 4) is 16.8 Å². The predicted octanol–water partition coefficient (Wildman–Crippen LogP) is 14.6. The lowest BCUT2D eigenvalue weighted by Gasteiger charge is -2.26. The van der Waals surface area contributed by atoms with E-state index >= 15 is 0 Å². The Kier molecular flexibility index (Phi) is 6.76. The zero-order valence-corrected chi connectivity index (χ0v) is 29.6. The van der Waals surface area contributed by atoms with Crippen molar-refractivity contribution in [1.82, 2.24) is 4.57 Å². The predicted molar refractivity (Wildman–Crippen MR) is 229 cm³/mol. The maximum atomic E-state index is 2.41. The maximum Gasteiger partial charge on any atom is 0.0547 e. The second kappa shape index (κ2) is 11.9. The molecule has 0 unspecified atom stereocenters. The monoisotopic (exact) mass is 692 g/mol. The van der Waals surface area contributed by atoms with Crippen LogP contribution in [-0.4, -0.2) is 4.57 Å². The number of fused-ring (bicyclic) bond motifs is 8. The largest absolute Gasteiger partial charge is 0.310 e. The normalized spacial score (nSPS) is 11.8. The van der Waals surface area contributed by atoms with Gasteiger partial charge in [-0.3, -0.25) is 0 Å². The van der Waals surface area contributed by atoms with Crippen molar-refractivity contribution in [1.29, 1.82) is 0 Å². The van der Waals surface area contributed by atoms with Gasteiger partial charge in [0.15, 0.2) is 0 Å². The van der Waals surface area contributed by atoms with Gasteiger partial charge in [-0.1, -0.05) is 109 Å². The summed E-state index contributed by atoms with van der Waals surface area (Å²) in [7, 11) is 0. The molecule has 0 atom stereocenters. The fourth-order valence-electron chi connectivity index (χ4n) is 8.16. The highest BCUT2D eigenvalue weighted by atomic mass is 32.1. The minimum absolute atomic E-state index is 1.11. The molecule has 0 N–H and O–H groups in total. The fourth-order valence-corrected chi connectivity index (χ4v) is 9.24. The van der Waals surface area contributed by atoms with E-state index in [4.69, 9.17) is 0 Å². The van der Waals surface area contributed by atoms with Crippen LogP contribution in [0.3, 0.4) is 0 Å². The number of hydrogen-bond donors (Lipinski definition) is 0. The van der Waals surface area contributed by atoms with Crippen molar-refractivity contribution < 1.29 is 0 Å². The Morgan fingerprint density at radius 3 is 1.72 bits per heavy atom. The molecule has 248 valence electrons. The molecule has 53 heavy (non-hydrogen) atoms. The van der Waals surface area contributed by atoms with Crippen LogP contribution in [0.25, 0.3) is 80.3 Å². The molecule has 0 aliphatic heterocycles. The number of benzene rings is 9. The van der Waals surface area contributed by atoms with Crippen molar-refractivity contribution in [2.24, 2.45) is 0 Å². The second-order valence-electron chi connectivity index (χ2n) is 13.8. The summed E-state index contributed by atoms with van der Waals surface area (Å²) in [5, 5.41) is 10.1. The molecule has 3 heteroatoms. The van der Waals surface area contributed by atoms with E-state index in [1.54, 1.807) is 0 Å². The topological polar surface area (TPSA) is 8.17 Å². The quantitative estimate of drug-likeness (QED) is 0.174. The van der Waals surface area contributed by atoms with Crippen LogP contribution in [-0.2, 0) is 0 Å². The number of hydrogen-bond acceptors (Lipinski definition) is 2. The molecule has 9 aromatic carbocycles. The average molecular weight is 693 g/mol. The van der Waals surface area contributed by atoms with Crippen molar-refractivity contribution in [3.05, 3.63) is 194 Å². The summed E-state index contributed by atoms with van der Waals surface area (Å²) >= 11 is 1.86. The van der Waals surface area contributed by atoms with Crippen LogP contribution in [0.1, 0.15) is 0 Å². The Balaban J connectivity index is 1.05. The summed E-state index contributed by atoms with van der Waals surface area (Å²) in [6.07, 6.45) is 0. The van der Waals surface area contributed by atoms with E-state index in [0.29, 0.717) is 0 Å². The third-order valence-electron chi connectivity index (χ3n) is 10.7. The van der Waals surface area contributed by atoms with Crippen LogP contribution in [0.2, 0.25) is 0 Å². The SMILES string of the molecule is c1ccc2cc(-c3ccc(N(c4ccc(-n5c6ccccc6c6cc7ccccc7cc65)cc4)c4ccc5sc6ccccc6c5c4)cc3)ccc2c1. The molecule has 0 saturated heterocycles. The van der Waals surface area contributed by atoms with E-state index in [0.717, 1.165) is 22.7 Å². The van der Waals surface area contributed by atoms with Gasteiger partial charge in [-0.05, 0) is 118 Å². The Morgan fingerprint density at radius 1 is 0.340 bits per heavy atom. The van der Waals surface area contributed by atoms with Gasteiger partial charge in [0.05, 0.1) is 11.0 Å². The number of thiophene rings is 1. The van der Waals surface area contributed by atoms with Crippen LogP contribution < -0.4 is 4.90 Å². The van der Waals surface area contributed by atoms with Crippen LogP contribution in [0.5, 0.6) is 0 Å². The minimum atomic E-state index is 1.11. The fraction of sp³-hybridized carbons (Fsp3) is 0. The van der Waals surface area contributed by atoms with Crippen molar-refractivity contribution in [2.45, 2.75) is 0 Å². The van der Waals surface area contributed by atoms with Crippen LogP contribution in [0.4, 0.5) is 17.1 Å². The van der Waals surface area contributed by atoms with Gasteiger partial charge in [0.25, 0.3) is 0 Å². The first-order valence-electron chi connectivity index (χ1n) is 18.1. The van der Waals surface area contributed by atoms with Gasteiger partial charge in [-0.15, -0.1) is 11.3 Å². The van der Waals surface area contributed by atoms with Gasteiger partial charge in [0, 0.05) is 53.7 Å². The van der Waals surface area contributed by atoms with Gasteiger partial charge in [-0.2, -0.15) is 0 Å². The standard InChI is InChI=1S/C50H32N2S/c1-2-10-35-29-38(18-17-33(35)9-1)34-19-21-39(22-20-34)51(42-27-28-50-46(32-42)44-14-6-8-16-49(44)53-50)40-23-25-41(26-24-40)52-47-15-7-5-13-43(47)45-30-36-11-3-4-12-37(36)31-48(45)52/h1-32H. The smallest absolute Gasteiger partial charge is 0.0547 e. The highest BCUT2D eigenvalue weighted by Crippen LogP contribution is 2.42. The molecular formula is C50H32N2S. The third kappa shape index (κ3) is 4.93. The number of nitrogens with zero attached hydrogens (tertiary/aromatic N) is 2. The highest BCUT2D eigenvalue weighted by molar-refractivity contribution is 7.25. The molecule has 0 bridgehead atoms. The van der Waals surface area contributed by atoms with E-state index in [2.05, 4.69) is 204 Å². The van der Waals surface area contributed by atoms with E-state index in [1.165, 1.54) is 74.6 Å². The first-order chi connectivity index (χ1) is 26.2. The number of para-hydroxylation sites is 1. The van der Waals surface area contributed by atoms with Gasteiger partial charge < -0.3 is 9.47 Å². The maximum absolute atomic E-state index is 2.41. The lowest BCUT2D eigenvalue weighted by atomic mass is 10.0. The van der Waals surface area contributed by atoms with E-state index in [-0.39, 0.29) is 0 Å². The summed E-state index contributed by atoms with van der Waals surface area (Å²) in [6.45, 7) is 0. The molecule has 0 aliphatic rings. The Morgan fingerprint density at radius 2 is 0.925 bits per heavy atom. The summed E-state index contributed by atoms with van der Waals surface area (Å²) < 4.78 is 5.03. The van der Waals surface area contributed by atoms with Crippen molar-refractivity contribution in [2.75, 3.05) is 4.90 Å². The number of anilines is 3. The molecule has 2 nitrogen and oxygen atoms in total.